The number of amides is 5. The number of hydrogen-bond donors (Lipinski definition) is 4. The Hall–Kier alpha value is -7.60. The van der Waals surface area contributed by atoms with Gasteiger partial charge in [-0.05, 0) is 85.7 Å². The van der Waals surface area contributed by atoms with Crippen molar-refractivity contribution < 1.29 is 38.6 Å². The molecule has 18 nitrogen and oxygen atoms in total. The summed E-state index contributed by atoms with van der Waals surface area (Å²) in [5, 5.41) is 17.4. The summed E-state index contributed by atoms with van der Waals surface area (Å²) < 4.78 is 10.8. The van der Waals surface area contributed by atoms with E-state index in [1.165, 1.54) is 0 Å². The Kier molecular flexibility index (Phi) is 12.9. The molecule has 3 aliphatic heterocycles. The van der Waals surface area contributed by atoms with E-state index >= 15 is 0 Å². The molecule has 5 aromatic rings. The van der Waals surface area contributed by atoms with Gasteiger partial charge < -0.3 is 49.3 Å². The Morgan fingerprint density at radius 2 is 1.73 bits per heavy atom. The van der Waals surface area contributed by atoms with Crippen LogP contribution in [0, 0.1) is 6.92 Å². The first kappa shape index (κ1) is 45.0. The largest absolute Gasteiger partial charge is 0.493 e. The number of ketones is 1. The number of imidazole rings is 1. The summed E-state index contributed by atoms with van der Waals surface area (Å²) in [6, 6.07) is 11.9. The molecule has 3 aromatic heterocycles. The van der Waals surface area contributed by atoms with Crippen molar-refractivity contribution in [2.75, 3.05) is 48.4 Å². The number of nitrogens with zero attached hydrogens (tertiary/aromatic N) is 7. The number of aryl methyl sites for hydroxylation is 4. The van der Waals surface area contributed by atoms with Crippen LogP contribution in [0.1, 0.15) is 94.7 Å². The number of benzene rings is 2. The molecule has 0 saturated carbocycles. The van der Waals surface area contributed by atoms with E-state index in [4.69, 9.17) is 9.84 Å². The van der Waals surface area contributed by atoms with Gasteiger partial charge in [0.25, 0.3) is 23.6 Å². The molecule has 5 amide bonds. The van der Waals surface area contributed by atoms with Gasteiger partial charge >= 0.3 is 0 Å². The second kappa shape index (κ2) is 18.9. The van der Waals surface area contributed by atoms with Crippen molar-refractivity contribution >= 4 is 64.4 Å². The van der Waals surface area contributed by atoms with Crippen molar-refractivity contribution in [3.8, 4) is 5.75 Å². The molecule has 8 rings (SSSR count). The van der Waals surface area contributed by atoms with Crippen LogP contribution in [0.3, 0.4) is 0 Å². The Bertz CT molecular complexity index is 2830. The van der Waals surface area contributed by atoms with Crippen molar-refractivity contribution in [3.63, 3.8) is 0 Å². The normalized spacial score (nSPS) is 15.0. The highest BCUT2D eigenvalue weighted by Crippen LogP contribution is 2.35. The number of rotatable bonds is 16. The van der Waals surface area contributed by atoms with Crippen LogP contribution in [-0.2, 0) is 38.8 Å². The maximum atomic E-state index is 13.7. The SMILES string of the molecule is C=C1C[C@H]2C=Nc3cc(OCCCC(=O)Nc4cn(C)c(C(=O)Cc5cc(C(=O)Nc6cc(C(=O)N7CCc8cc(C(=O)NCCCO)ccc87)n(C)c6)n(C)c5)n4)c(C)cc3C(=O)N2C1. The molecule has 1 atom stereocenters. The van der Waals surface area contributed by atoms with E-state index in [0.717, 1.165) is 16.7 Å². The summed E-state index contributed by atoms with van der Waals surface area (Å²) in [6.45, 7) is 7.45. The second-order valence-corrected chi connectivity index (χ2v) is 16.9. The highest BCUT2D eigenvalue weighted by molar-refractivity contribution is 6.09. The molecule has 0 spiro atoms. The van der Waals surface area contributed by atoms with Crippen molar-refractivity contribution in [2.45, 2.75) is 51.5 Å². The van der Waals surface area contributed by atoms with Gasteiger partial charge in [0.15, 0.2) is 11.6 Å². The van der Waals surface area contributed by atoms with E-state index in [1.807, 2.05) is 6.92 Å². The summed E-state index contributed by atoms with van der Waals surface area (Å²) in [4.78, 5) is 91.7. The standard InChI is InChI=1S/C48H52N10O8/c1-28-16-34-23-50-36-22-41(29(2)17-35(36)47(64)58(34)24-28)66-15-6-8-43(61)52-42-27-56(5)44(53-42)40(60)19-30-18-38(54(3)25-30)46(63)51-33-21-39(55(4)26-33)48(65)57-13-11-31-20-32(9-10-37(31)57)45(62)49-12-7-14-59/h9-10,17-18,20-23,25-27,34,59H,1,6-8,11-16,19,24H2,2-5H3,(H,49,62)(H,51,63)(H,52,61)/t34-/m0/s1. The van der Waals surface area contributed by atoms with Crippen LogP contribution in [0.25, 0.3) is 0 Å². The average Bonchev–Trinajstić information content (AvgIpc) is 4.11. The Balaban J connectivity index is 0.816. The predicted octanol–water partition coefficient (Wildman–Crippen LogP) is 4.68. The number of ether oxygens (including phenoxy) is 1. The average molecular weight is 897 g/mol. The van der Waals surface area contributed by atoms with Gasteiger partial charge in [-0.1, -0.05) is 12.2 Å². The van der Waals surface area contributed by atoms with Gasteiger partial charge in [0.05, 0.1) is 29.6 Å². The zero-order valence-electron chi connectivity index (χ0n) is 37.3. The van der Waals surface area contributed by atoms with Crippen LogP contribution in [0.2, 0.25) is 0 Å². The number of fused-ring (bicyclic) bond motifs is 3. The van der Waals surface area contributed by atoms with Crippen LogP contribution in [-0.4, -0.2) is 109 Å². The number of Topliss-reactive ketones (excluding diaryl/α,β-unsaturated/α-hetero) is 1. The highest BCUT2D eigenvalue weighted by Gasteiger charge is 2.34. The minimum atomic E-state index is -0.434. The number of aliphatic hydroxyl groups is 1. The molecule has 66 heavy (non-hydrogen) atoms. The number of carbonyl (C=O) groups is 6. The summed E-state index contributed by atoms with van der Waals surface area (Å²) in [7, 11) is 5.08. The third kappa shape index (κ3) is 9.44. The van der Waals surface area contributed by atoms with Crippen LogP contribution in [0.5, 0.6) is 5.75 Å². The second-order valence-electron chi connectivity index (χ2n) is 16.9. The molecule has 1 saturated heterocycles. The zero-order valence-corrected chi connectivity index (χ0v) is 37.3. The van der Waals surface area contributed by atoms with Crippen LogP contribution >= 0.6 is 0 Å². The first-order valence-electron chi connectivity index (χ1n) is 21.8. The fourth-order valence-electron chi connectivity index (χ4n) is 8.56. The van der Waals surface area contributed by atoms with E-state index in [1.54, 1.807) is 112 Å². The lowest BCUT2D eigenvalue weighted by atomic mass is 10.1. The van der Waals surface area contributed by atoms with Crippen LogP contribution in [0.15, 0.2) is 78.2 Å². The molecule has 3 aliphatic rings. The Labute approximate surface area is 380 Å². The number of aliphatic hydroxyl groups excluding tert-OH is 1. The molecule has 2 aromatic carbocycles. The zero-order chi connectivity index (χ0) is 46.8. The lowest BCUT2D eigenvalue weighted by Crippen LogP contribution is -2.35. The van der Waals surface area contributed by atoms with E-state index in [0.29, 0.717) is 96.2 Å². The minimum Gasteiger partial charge on any atom is -0.493 e. The fourth-order valence-corrected chi connectivity index (χ4v) is 8.56. The summed E-state index contributed by atoms with van der Waals surface area (Å²) in [5.41, 5.74) is 6.59. The summed E-state index contributed by atoms with van der Waals surface area (Å²) >= 11 is 0. The van der Waals surface area contributed by atoms with Gasteiger partial charge in [0, 0.05) is 102 Å². The minimum absolute atomic E-state index is 0.0121. The molecule has 18 heteroatoms. The summed E-state index contributed by atoms with van der Waals surface area (Å²) in [5.74, 6) is -0.667. The lowest BCUT2D eigenvalue weighted by molar-refractivity contribution is -0.116. The maximum Gasteiger partial charge on any atom is 0.274 e. The molecule has 342 valence electrons. The number of aromatic nitrogens is 4. The number of hydrogen-bond acceptors (Lipinski definition) is 10. The maximum absolute atomic E-state index is 13.7. The van der Waals surface area contributed by atoms with Crippen molar-refractivity contribution in [2.24, 2.45) is 26.1 Å². The Morgan fingerprint density at radius 1 is 0.924 bits per heavy atom. The van der Waals surface area contributed by atoms with Crippen molar-refractivity contribution in [1.29, 1.82) is 0 Å². The van der Waals surface area contributed by atoms with E-state index in [-0.39, 0.29) is 73.2 Å². The quantitative estimate of drug-likeness (QED) is 0.0614. The van der Waals surface area contributed by atoms with E-state index < -0.39 is 5.91 Å². The van der Waals surface area contributed by atoms with Gasteiger partial charge in [0.1, 0.15) is 17.1 Å². The van der Waals surface area contributed by atoms with Gasteiger partial charge in [-0.15, -0.1) is 0 Å². The molecule has 0 unspecified atom stereocenters. The predicted molar refractivity (Wildman–Crippen MR) is 247 cm³/mol. The molecule has 1 fully saturated rings. The first-order valence-corrected chi connectivity index (χ1v) is 21.8. The molecular weight excluding hydrogens is 845 g/mol. The third-order valence-corrected chi connectivity index (χ3v) is 11.9. The first-order chi connectivity index (χ1) is 31.7. The smallest absolute Gasteiger partial charge is 0.274 e. The topological polar surface area (TPSA) is 214 Å². The molecule has 0 radical (unpaired) electrons. The van der Waals surface area contributed by atoms with Crippen molar-refractivity contribution in [3.05, 3.63) is 118 Å². The highest BCUT2D eigenvalue weighted by atomic mass is 16.5. The van der Waals surface area contributed by atoms with Crippen LogP contribution < -0.4 is 25.6 Å². The monoisotopic (exact) mass is 896 g/mol. The van der Waals surface area contributed by atoms with Gasteiger partial charge in [-0.2, -0.15) is 0 Å². The third-order valence-electron chi connectivity index (χ3n) is 11.9. The number of aliphatic imine (C=N–C) groups is 1. The summed E-state index contributed by atoms with van der Waals surface area (Å²) in [6.07, 6.45) is 8.93. The molecule has 0 bridgehead atoms. The Morgan fingerprint density at radius 3 is 2.53 bits per heavy atom. The molecule has 4 N–H and O–H groups in total. The van der Waals surface area contributed by atoms with Crippen LogP contribution in [0.4, 0.5) is 22.9 Å². The molecule has 0 aliphatic carbocycles. The van der Waals surface area contributed by atoms with Crippen molar-refractivity contribution in [1.82, 2.24) is 28.9 Å². The number of carbonyl (C=O) groups excluding carboxylic acids is 6. The lowest BCUT2D eigenvalue weighted by Gasteiger charge is -2.20. The van der Waals surface area contributed by atoms with Gasteiger partial charge in [-0.3, -0.25) is 33.8 Å². The fraction of sp³-hybridized carbons (Fsp3) is 0.333. The molecular formula is C48H52N10O8. The molecule has 6 heterocycles. The van der Waals surface area contributed by atoms with Gasteiger partial charge in [0.2, 0.25) is 11.7 Å². The number of nitrogens with one attached hydrogen (secondary N) is 3. The van der Waals surface area contributed by atoms with E-state index in [9.17, 15) is 28.8 Å². The number of anilines is 3. The van der Waals surface area contributed by atoms with Gasteiger partial charge in [-0.25, -0.2) is 4.98 Å². The van der Waals surface area contributed by atoms with E-state index in [2.05, 4.69) is 32.5 Å².